The second-order valence-electron chi connectivity index (χ2n) is 3.75. The summed E-state index contributed by atoms with van der Waals surface area (Å²) < 4.78 is 5.10. The summed E-state index contributed by atoms with van der Waals surface area (Å²) >= 11 is 0. The molecule has 0 spiro atoms. The van der Waals surface area contributed by atoms with Crippen LogP contribution in [0.4, 0.5) is 5.69 Å². The molecule has 1 atom stereocenters. The fourth-order valence-corrected chi connectivity index (χ4v) is 1.66. The number of benzene rings is 1. The SMILES string of the molecule is COc1cccc(C(O)C2CC2)c1N. The number of ether oxygens (including phenoxy) is 1. The Labute approximate surface area is 83.5 Å². The highest BCUT2D eigenvalue weighted by molar-refractivity contribution is 5.59. The molecule has 1 aliphatic carbocycles. The number of aliphatic hydroxyl groups excluding tert-OH is 1. The summed E-state index contributed by atoms with van der Waals surface area (Å²) in [5.74, 6) is 1.03. The smallest absolute Gasteiger partial charge is 0.142 e. The number of hydrogen-bond acceptors (Lipinski definition) is 3. The minimum atomic E-state index is -0.426. The first-order chi connectivity index (χ1) is 6.74. The van der Waals surface area contributed by atoms with Gasteiger partial charge >= 0.3 is 0 Å². The van der Waals surface area contributed by atoms with Crippen molar-refractivity contribution in [3.05, 3.63) is 23.8 Å². The third-order valence-corrected chi connectivity index (χ3v) is 2.71. The van der Waals surface area contributed by atoms with Gasteiger partial charge in [0.25, 0.3) is 0 Å². The highest BCUT2D eigenvalue weighted by Crippen LogP contribution is 2.43. The van der Waals surface area contributed by atoms with Crippen molar-refractivity contribution in [3.63, 3.8) is 0 Å². The molecule has 3 heteroatoms. The molecule has 0 bridgehead atoms. The largest absolute Gasteiger partial charge is 0.495 e. The highest BCUT2D eigenvalue weighted by atomic mass is 16.5. The number of para-hydroxylation sites is 1. The lowest BCUT2D eigenvalue weighted by Crippen LogP contribution is -2.05. The van der Waals surface area contributed by atoms with Gasteiger partial charge in [-0.25, -0.2) is 0 Å². The van der Waals surface area contributed by atoms with Crippen LogP contribution in [0.15, 0.2) is 18.2 Å². The average Bonchev–Trinajstić information content (AvgIpc) is 3.00. The van der Waals surface area contributed by atoms with Crippen LogP contribution >= 0.6 is 0 Å². The summed E-state index contributed by atoms with van der Waals surface area (Å²) in [7, 11) is 1.58. The van der Waals surface area contributed by atoms with E-state index < -0.39 is 6.10 Å². The topological polar surface area (TPSA) is 55.5 Å². The molecule has 0 radical (unpaired) electrons. The van der Waals surface area contributed by atoms with Crippen molar-refractivity contribution < 1.29 is 9.84 Å². The molecule has 1 fully saturated rings. The van der Waals surface area contributed by atoms with Gasteiger partial charge in [0.2, 0.25) is 0 Å². The molecule has 1 unspecified atom stereocenters. The quantitative estimate of drug-likeness (QED) is 0.719. The van der Waals surface area contributed by atoms with Crippen molar-refractivity contribution in [2.75, 3.05) is 12.8 Å². The molecule has 0 aliphatic heterocycles. The summed E-state index contributed by atoms with van der Waals surface area (Å²) in [5, 5.41) is 9.93. The zero-order chi connectivity index (χ0) is 10.1. The van der Waals surface area contributed by atoms with Gasteiger partial charge in [-0.2, -0.15) is 0 Å². The molecule has 1 saturated carbocycles. The van der Waals surface area contributed by atoms with Gasteiger partial charge in [-0.3, -0.25) is 0 Å². The van der Waals surface area contributed by atoms with E-state index in [4.69, 9.17) is 10.5 Å². The summed E-state index contributed by atoms with van der Waals surface area (Å²) in [6.45, 7) is 0. The van der Waals surface area contributed by atoms with Crippen molar-refractivity contribution >= 4 is 5.69 Å². The summed E-state index contributed by atoms with van der Waals surface area (Å²) in [6, 6.07) is 5.52. The van der Waals surface area contributed by atoms with E-state index in [2.05, 4.69) is 0 Å². The predicted octanol–water partition coefficient (Wildman–Crippen LogP) is 1.72. The van der Waals surface area contributed by atoms with Gasteiger partial charge in [-0.15, -0.1) is 0 Å². The molecule has 1 aromatic rings. The Balaban J connectivity index is 2.31. The van der Waals surface area contributed by atoms with Crippen LogP contribution in [0, 0.1) is 5.92 Å². The van der Waals surface area contributed by atoms with Gasteiger partial charge in [0, 0.05) is 5.56 Å². The van der Waals surface area contributed by atoms with Crippen molar-refractivity contribution in [1.29, 1.82) is 0 Å². The van der Waals surface area contributed by atoms with Crippen LogP contribution in [0.2, 0.25) is 0 Å². The molecule has 76 valence electrons. The van der Waals surface area contributed by atoms with Crippen molar-refractivity contribution in [2.24, 2.45) is 5.92 Å². The normalized spacial score (nSPS) is 17.9. The molecule has 0 amide bonds. The molecular formula is C11H15NO2. The molecule has 0 saturated heterocycles. The van der Waals surface area contributed by atoms with Gasteiger partial charge in [-0.05, 0) is 24.8 Å². The van der Waals surface area contributed by atoms with Crippen LogP contribution in [0.1, 0.15) is 24.5 Å². The van der Waals surface area contributed by atoms with E-state index in [9.17, 15) is 5.11 Å². The Bertz CT molecular complexity index is 334. The predicted molar refractivity (Wildman–Crippen MR) is 55.1 cm³/mol. The van der Waals surface area contributed by atoms with Gasteiger partial charge in [-0.1, -0.05) is 12.1 Å². The second-order valence-corrected chi connectivity index (χ2v) is 3.75. The molecule has 0 aromatic heterocycles. The number of anilines is 1. The lowest BCUT2D eigenvalue weighted by molar-refractivity contribution is 0.154. The second kappa shape index (κ2) is 3.50. The molecule has 3 nitrogen and oxygen atoms in total. The highest BCUT2D eigenvalue weighted by Gasteiger charge is 2.32. The molecular weight excluding hydrogens is 178 g/mol. The number of nitrogens with two attached hydrogens (primary N) is 1. The van der Waals surface area contributed by atoms with E-state index in [1.54, 1.807) is 13.2 Å². The zero-order valence-corrected chi connectivity index (χ0v) is 8.23. The third kappa shape index (κ3) is 1.55. The fourth-order valence-electron chi connectivity index (χ4n) is 1.66. The number of nitrogen functional groups attached to an aromatic ring is 1. The molecule has 1 aromatic carbocycles. The van der Waals surface area contributed by atoms with E-state index in [-0.39, 0.29) is 0 Å². The first-order valence-electron chi connectivity index (χ1n) is 4.84. The Morgan fingerprint density at radius 1 is 1.50 bits per heavy atom. The summed E-state index contributed by atoms with van der Waals surface area (Å²) in [6.07, 6.45) is 1.76. The lowest BCUT2D eigenvalue weighted by atomic mass is 10.0. The van der Waals surface area contributed by atoms with E-state index in [0.29, 0.717) is 17.4 Å². The van der Waals surface area contributed by atoms with E-state index >= 15 is 0 Å². The van der Waals surface area contributed by atoms with Gasteiger partial charge in [0.1, 0.15) is 5.75 Å². The summed E-state index contributed by atoms with van der Waals surface area (Å²) in [5.41, 5.74) is 7.24. The maximum absolute atomic E-state index is 9.93. The molecule has 14 heavy (non-hydrogen) atoms. The molecule has 2 rings (SSSR count). The molecule has 3 N–H and O–H groups in total. The minimum absolute atomic E-state index is 0.393. The van der Waals surface area contributed by atoms with Gasteiger partial charge in [0.05, 0.1) is 18.9 Å². The Morgan fingerprint density at radius 3 is 2.79 bits per heavy atom. The van der Waals surface area contributed by atoms with E-state index in [1.165, 1.54) is 0 Å². The van der Waals surface area contributed by atoms with Crippen LogP contribution in [-0.4, -0.2) is 12.2 Å². The minimum Gasteiger partial charge on any atom is -0.495 e. The van der Waals surface area contributed by atoms with Crippen molar-refractivity contribution in [2.45, 2.75) is 18.9 Å². The van der Waals surface area contributed by atoms with E-state index in [0.717, 1.165) is 18.4 Å². The fraction of sp³-hybridized carbons (Fsp3) is 0.455. The molecule has 0 heterocycles. The van der Waals surface area contributed by atoms with Crippen LogP contribution in [-0.2, 0) is 0 Å². The zero-order valence-electron chi connectivity index (χ0n) is 8.23. The maximum atomic E-state index is 9.93. The maximum Gasteiger partial charge on any atom is 0.142 e. The van der Waals surface area contributed by atoms with Crippen molar-refractivity contribution in [1.82, 2.24) is 0 Å². The monoisotopic (exact) mass is 193 g/mol. The van der Waals surface area contributed by atoms with Gasteiger partial charge < -0.3 is 15.6 Å². The molecule has 1 aliphatic rings. The standard InChI is InChI=1S/C11H15NO2/c1-14-9-4-2-3-8(10(9)12)11(13)7-5-6-7/h2-4,7,11,13H,5-6,12H2,1H3. The van der Waals surface area contributed by atoms with E-state index in [1.807, 2.05) is 12.1 Å². The first kappa shape index (κ1) is 9.34. The Morgan fingerprint density at radius 2 is 2.21 bits per heavy atom. The Kier molecular flexibility index (Phi) is 2.33. The van der Waals surface area contributed by atoms with Gasteiger partial charge in [0.15, 0.2) is 0 Å². The summed E-state index contributed by atoms with van der Waals surface area (Å²) in [4.78, 5) is 0. The average molecular weight is 193 g/mol. The van der Waals surface area contributed by atoms with Crippen molar-refractivity contribution in [3.8, 4) is 5.75 Å². The lowest BCUT2D eigenvalue weighted by Gasteiger charge is -2.14. The first-order valence-corrected chi connectivity index (χ1v) is 4.84. The number of rotatable bonds is 3. The number of hydrogen-bond donors (Lipinski definition) is 2. The Hall–Kier alpha value is -1.22. The van der Waals surface area contributed by atoms with Crippen LogP contribution < -0.4 is 10.5 Å². The van der Waals surface area contributed by atoms with Crippen LogP contribution in [0.5, 0.6) is 5.75 Å². The third-order valence-electron chi connectivity index (χ3n) is 2.71. The number of aliphatic hydroxyl groups is 1. The van der Waals surface area contributed by atoms with Crippen LogP contribution in [0.3, 0.4) is 0 Å². The number of methoxy groups -OCH3 is 1. The van der Waals surface area contributed by atoms with Crippen LogP contribution in [0.25, 0.3) is 0 Å².